The quantitative estimate of drug-likeness (QED) is 0.331. The summed E-state index contributed by atoms with van der Waals surface area (Å²) in [5, 5.41) is 7.69. The normalized spacial score (nSPS) is 10.4. The molecule has 2 heterocycles. The molecule has 4 rings (SSSR count). The number of rotatable bonds is 9. The Morgan fingerprint density at radius 3 is 2.53 bits per heavy atom. The van der Waals surface area contributed by atoms with Gasteiger partial charge in [-0.25, -0.2) is 9.97 Å². The first-order valence-electron chi connectivity index (χ1n) is 9.67. The van der Waals surface area contributed by atoms with E-state index >= 15 is 0 Å². The largest absolute Gasteiger partial charge is 0.460 e. The Morgan fingerprint density at radius 2 is 1.81 bits per heavy atom. The number of benzene rings is 2. The topological polar surface area (TPSA) is 124 Å². The minimum absolute atomic E-state index is 0.0349. The fraction of sp³-hybridized carbons (Fsp3) is 0.0909. The van der Waals surface area contributed by atoms with Crippen LogP contribution in [0.5, 0.6) is 17.4 Å². The zero-order chi connectivity index (χ0) is 22.2. The van der Waals surface area contributed by atoms with Crippen molar-refractivity contribution in [1.82, 2.24) is 19.7 Å². The van der Waals surface area contributed by atoms with Crippen molar-refractivity contribution < 1.29 is 14.3 Å². The molecule has 0 saturated carbocycles. The second-order valence-electron chi connectivity index (χ2n) is 6.50. The minimum Gasteiger partial charge on any atom is -0.460 e. The van der Waals surface area contributed by atoms with E-state index < -0.39 is 5.91 Å². The van der Waals surface area contributed by atoms with Crippen LogP contribution in [0, 0.1) is 0 Å². The van der Waals surface area contributed by atoms with Gasteiger partial charge in [0.15, 0.2) is 5.69 Å². The highest BCUT2D eigenvalue weighted by atomic mass is 32.1. The molecule has 9 nitrogen and oxygen atoms in total. The van der Waals surface area contributed by atoms with Crippen molar-refractivity contribution in [2.75, 3.05) is 12.0 Å². The molecule has 10 heteroatoms. The van der Waals surface area contributed by atoms with Crippen LogP contribution in [0.2, 0.25) is 0 Å². The van der Waals surface area contributed by atoms with Gasteiger partial charge in [0.25, 0.3) is 5.91 Å². The lowest BCUT2D eigenvalue weighted by Gasteiger charge is -2.11. The average molecular weight is 449 g/mol. The monoisotopic (exact) mass is 448 g/mol. The Balaban J connectivity index is 1.41. The lowest BCUT2D eigenvalue weighted by atomic mass is 10.2. The summed E-state index contributed by atoms with van der Waals surface area (Å²) in [6, 6.07) is 17.0. The Kier molecular flexibility index (Phi) is 6.85. The highest BCUT2D eigenvalue weighted by Crippen LogP contribution is 2.22. The molecule has 0 bridgehead atoms. The first-order valence-corrected chi connectivity index (χ1v) is 10.5. The second-order valence-corrected chi connectivity index (χ2v) is 7.16. The van der Waals surface area contributed by atoms with E-state index in [1.165, 1.54) is 17.7 Å². The highest BCUT2D eigenvalue weighted by Gasteiger charge is 2.17. The Morgan fingerprint density at radius 1 is 1.03 bits per heavy atom. The van der Waals surface area contributed by atoms with Gasteiger partial charge < -0.3 is 20.1 Å². The third kappa shape index (κ3) is 5.56. The van der Waals surface area contributed by atoms with Gasteiger partial charge in [-0.05, 0) is 41.4 Å². The Labute approximate surface area is 188 Å². The van der Waals surface area contributed by atoms with E-state index in [0.29, 0.717) is 18.1 Å². The van der Waals surface area contributed by atoms with Crippen LogP contribution in [-0.2, 0) is 6.54 Å². The van der Waals surface area contributed by atoms with E-state index in [1.54, 1.807) is 6.20 Å². The number of aromatic nitrogens is 3. The van der Waals surface area contributed by atoms with Gasteiger partial charge >= 0.3 is 0 Å². The number of ether oxygens (including phenoxy) is 2. The van der Waals surface area contributed by atoms with Crippen molar-refractivity contribution in [2.24, 2.45) is 5.73 Å². The molecule has 0 spiro atoms. The predicted molar refractivity (Wildman–Crippen MR) is 121 cm³/mol. The molecule has 162 valence electrons. The summed E-state index contributed by atoms with van der Waals surface area (Å²) in [7, 11) is 0. The van der Waals surface area contributed by atoms with Gasteiger partial charge in [-0.2, -0.15) is 4.37 Å². The van der Waals surface area contributed by atoms with Crippen LogP contribution >= 0.6 is 11.5 Å². The van der Waals surface area contributed by atoms with Gasteiger partial charge in [0.2, 0.25) is 5.88 Å². The zero-order valence-corrected chi connectivity index (χ0v) is 17.7. The van der Waals surface area contributed by atoms with Crippen molar-refractivity contribution in [3.63, 3.8) is 0 Å². The van der Waals surface area contributed by atoms with Crippen molar-refractivity contribution in [1.29, 1.82) is 0 Å². The molecule has 2 aromatic heterocycles. The minimum atomic E-state index is -0.433. The van der Waals surface area contributed by atoms with Crippen LogP contribution in [0.1, 0.15) is 16.1 Å². The molecule has 2 aromatic carbocycles. The maximum atomic E-state index is 12.8. The fourth-order valence-corrected chi connectivity index (χ4v) is 3.22. The SMILES string of the molecule is NCOc1ncc(Nc2cnsc2)nc1C(=O)NCc1ccc(Oc2ccccc2)cc1. The van der Waals surface area contributed by atoms with Gasteiger partial charge in [-0.15, -0.1) is 0 Å². The van der Waals surface area contributed by atoms with Gasteiger partial charge in [-0.1, -0.05) is 30.3 Å². The number of nitrogens with one attached hydrogen (secondary N) is 2. The van der Waals surface area contributed by atoms with Crippen molar-refractivity contribution in [2.45, 2.75) is 6.54 Å². The molecule has 0 fully saturated rings. The summed E-state index contributed by atoms with van der Waals surface area (Å²) in [6.45, 7) is 0.166. The third-order valence-corrected chi connectivity index (χ3v) is 4.82. The van der Waals surface area contributed by atoms with E-state index in [0.717, 1.165) is 17.0 Å². The van der Waals surface area contributed by atoms with Crippen molar-refractivity contribution >= 4 is 28.9 Å². The number of anilines is 2. The number of hydrogen-bond acceptors (Lipinski definition) is 9. The van der Waals surface area contributed by atoms with Crippen molar-refractivity contribution in [3.8, 4) is 17.4 Å². The maximum absolute atomic E-state index is 12.8. The highest BCUT2D eigenvalue weighted by molar-refractivity contribution is 7.04. The van der Waals surface area contributed by atoms with Gasteiger partial charge in [-0.3, -0.25) is 10.5 Å². The molecule has 0 saturated heterocycles. The predicted octanol–water partition coefficient (Wildman–Crippen LogP) is 3.69. The van der Waals surface area contributed by atoms with Crippen LogP contribution in [0.3, 0.4) is 0 Å². The molecule has 1 amide bonds. The smallest absolute Gasteiger partial charge is 0.275 e. The molecular formula is C22H20N6O3S. The third-order valence-electron chi connectivity index (χ3n) is 4.23. The summed E-state index contributed by atoms with van der Waals surface area (Å²) in [6.07, 6.45) is 3.12. The molecule has 0 radical (unpaired) electrons. The zero-order valence-electron chi connectivity index (χ0n) is 16.9. The Hall–Kier alpha value is -4.02. The number of para-hydroxylation sites is 1. The molecule has 0 aliphatic heterocycles. The van der Waals surface area contributed by atoms with Crippen LogP contribution in [0.4, 0.5) is 11.5 Å². The first kappa shape index (κ1) is 21.2. The molecule has 32 heavy (non-hydrogen) atoms. The van der Waals surface area contributed by atoms with Gasteiger partial charge in [0.1, 0.15) is 24.0 Å². The maximum Gasteiger partial charge on any atom is 0.275 e. The van der Waals surface area contributed by atoms with E-state index in [9.17, 15) is 4.79 Å². The summed E-state index contributed by atoms with van der Waals surface area (Å²) in [5.74, 6) is 1.48. The van der Waals surface area contributed by atoms with Crippen molar-refractivity contribution in [3.05, 3.63) is 83.6 Å². The number of carbonyl (C=O) groups is 1. The number of hydrogen-bond donors (Lipinski definition) is 3. The molecule has 4 N–H and O–H groups in total. The summed E-state index contributed by atoms with van der Waals surface area (Å²) in [4.78, 5) is 21.3. The van der Waals surface area contributed by atoms with Crippen LogP contribution < -0.4 is 25.8 Å². The number of nitrogens with zero attached hydrogens (tertiary/aromatic N) is 3. The Bertz CT molecular complexity index is 1150. The van der Waals surface area contributed by atoms with Crippen LogP contribution in [0.25, 0.3) is 0 Å². The van der Waals surface area contributed by atoms with Gasteiger partial charge in [0, 0.05) is 11.9 Å². The lowest BCUT2D eigenvalue weighted by Crippen LogP contribution is -2.26. The van der Waals surface area contributed by atoms with E-state index in [1.807, 2.05) is 60.0 Å². The molecule has 0 unspecified atom stereocenters. The standard InChI is InChI=1S/C22H20N6O3S/c23-14-30-22-20(28-19(12-25-22)27-16-11-26-32-13-16)21(29)24-10-15-6-8-18(9-7-15)31-17-4-2-1-3-5-17/h1-9,11-13H,10,14,23H2,(H,24,29)(H,27,28). The number of carbonyl (C=O) groups excluding carboxylic acids is 1. The number of nitrogens with two attached hydrogens (primary N) is 1. The molecule has 0 aliphatic rings. The lowest BCUT2D eigenvalue weighted by molar-refractivity contribution is 0.0940. The van der Waals surface area contributed by atoms with E-state index in [4.69, 9.17) is 15.2 Å². The van der Waals surface area contributed by atoms with E-state index in [-0.39, 0.29) is 18.3 Å². The van der Waals surface area contributed by atoms with E-state index in [2.05, 4.69) is 25.0 Å². The fourth-order valence-electron chi connectivity index (χ4n) is 2.75. The van der Waals surface area contributed by atoms with Crippen LogP contribution in [-0.4, -0.2) is 27.0 Å². The summed E-state index contributed by atoms with van der Waals surface area (Å²) in [5.41, 5.74) is 7.14. The first-order chi connectivity index (χ1) is 15.7. The molecule has 4 aromatic rings. The summed E-state index contributed by atoms with van der Waals surface area (Å²) < 4.78 is 15.1. The number of amides is 1. The second kappa shape index (κ2) is 10.3. The summed E-state index contributed by atoms with van der Waals surface area (Å²) >= 11 is 1.30. The van der Waals surface area contributed by atoms with Gasteiger partial charge in [0.05, 0.1) is 18.1 Å². The van der Waals surface area contributed by atoms with Crippen LogP contribution in [0.15, 0.2) is 72.4 Å². The molecule has 0 atom stereocenters. The molecule has 0 aliphatic carbocycles. The molecular weight excluding hydrogens is 428 g/mol. The average Bonchev–Trinajstić information content (AvgIpc) is 3.33.